The molecule has 0 aliphatic carbocycles. The van der Waals surface area contributed by atoms with E-state index in [0.29, 0.717) is 12.1 Å². The van der Waals surface area contributed by atoms with Crippen molar-refractivity contribution in [1.29, 1.82) is 0 Å². The van der Waals surface area contributed by atoms with Crippen LogP contribution in [0.1, 0.15) is 52.1 Å². The van der Waals surface area contributed by atoms with Gasteiger partial charge in [-0.05, 0) is 32.3 Å². The third-order valence-electron chi connectivity index (χ3n) is 4.35. The first-order chi connectivity index (χ1) is 9.07. The Hall–Kier alpha value is -0.860. The van der Waals surface area contributed by atoms with Crippen LogP contribution in [0.3, 0.4) is 0 Å². The normalized spacial score (nSPS) is 23.7. The van der Waals surface area contributed by atoms with E-state index in [4.69, 9.17) is 0 Å². The fourth-order valence-electron chi connectivity index (χ4n) is 3.24. The molecule has 1 aromatic rings. The molecule has 0 aromatic heterocycles. The first kappa shape index (κ1) is 14.5. The molecule has 1 aromatic carbocycles. The standard InChI is InChI=1S/C17H28N2/c1-5-15(6-2)19-13-17(3,4)18-12-16(19)14-10-8-7-9-11-14/h7-11,15-16,18H,5-6,12-13H2,1-4H3. The smallest absolute Gasteiger partial charge is 0.0476 e. The summed E-state index contributed by atoms with van der Waals surface area (Å²) in [7, 11) is 0. The van der Waals surface area contributed by atoms with Gasteiger partial charge in [-0.1, -0.05) is 44.2 Å². The van der Waals surface area contributed by atoms with Gasteiger partial charge in [-0.25, -0.2) is 0 Å². The largest absolute Gasteiger partial charge is 0.309 e. The molecule has 1 saturated heterocycles. The van der Waals surface area contributed by atoms with E-state index in [1.165, 1.54) is 18.4 Å². The molecule has 1 aliphatic heterocycles. The zero-order valence-corrected chi connectivity index (χ0v) is 12.8. The van der Waals surface area contributed by atoms with Crippen LogP contribution >= 0.6 is 0 Å². The third kappa shape index (κ3) is 3.37. The van der Waals surface area contributed by atoms with Crippen molar-refractivity contribution in [2.75, 3.05) is 13.1 Å². The lowest BCUT2D eigenvalue weighted by atomic mass is 9.92. The van der Waals surface area contributed by atoms with E-state index in [1.54, 1.807) is 0 Å². The van der Waals surface area contributed by atoms with Crippen LogP contribution in [0.25, 0.3) is 0 Å². The first-order valence-corrected chi connectivity index (χ1v) is 7.63. The van der Waals surface area contributed by atoms with Gasteiger partial charge in [-0.2, -0.15) is 0 Å². The van der Waals surface area contributed by atoms with Gasteiger partial charge in [0.25, 0.3) is 0 Å². The summed E-state index contributed by atoms with van der Waals surface area (Å²) in [5, 5.41) is 3.70. The summed E-state index contributed by atoms with van der Waals surface area (Å²) in [5.41, 5.74) is 1.66. The van der Waals surface area contributed by atoms with E-state index in [-0.39, 0.29) is 5.54 Å². The average Bonchev–Trinajstić information content (AvgIpc) is 2.40. The van der Waals surface area contributed by atoms with Crippen molar-refractivity contribution in [2.45, 2.75) is 58.2 Å². The molecule has 106 valence electrons. The van der Waals surface area contributed by atoms with E-state index in [9.17, 15) is 0 Å². The molecule has 0 saturated carbocycles. The number of rotatable bonds is 4. The lowest BCUT2D eigenvalue weighted by Crippen LogP contribution is -2.60. The van der Waals surface area contributed by atoms with Crippen LogP contribution in [-0.2, 0) is 0 Å². The number of benzene rings is 1. The van der Waals surface area contributed by atoms with E-state index >= 15 is 0 Å². The Bertz CT molecular complexity index is 382. The van der Waals surface area contributed by atoms with E-state index < -0.39 is 0 Å². The Morgan fingerprint density at radius 1 is 1.21 bits per heavy atom. The second-order valence-corrected chi connectivity index (χ2v) is 6.33. The Labute approximate surface area is 118 Å². The second kappa shape index (κ2) is 6.06. The van der Waals surface area contributed by atoms with E-state index in [2.05, 4.69) is 68.2 Å². The lowest BCUT2D eigenvalue weighted by molar-refractivity contribution is 0.0495. The molecule has 1 heterocycles. The molecular weight excluding hydrogens is 232 g/mol. The van der Waals surface area contributed by atoms with Crippen LogP contribution in [0.4, 0.5) is 0 Å². The van der Waals surface area contributed by atoms with Gasteiger partial charge in [-0.15, -0.1) is 0 Å². The van der Waals surface area contributed by atoms with Crippen LogP contribution in [0.2, 0.25) is 0 Å². The van der Waals surface area contributed by atoms with E-state index in [1.807, 2.05) is 0 Å². The summed E-state index contributed by atoms with van der Waals surface area (Å²) in [5.74, 6) is 0. The molecule has 1 aliphatic rings. The zero-order valence-electron chi connectivity index (χ0n) is 12.8. The van der Waals surface area contributed by atoms with Crippen LogP contribution in [0, 0.1) is 0 Å². The van der Waals surface area contributed by atoms with Gasteiger partial charge in [0.05, 0.1) is 0 Å². The zero-order chi connectivity index (χ0) is 13.9. The molecular formula is C17H28N2. The quantitative estimate of drug-likeness (QED) is 0.890. The topological polar surface area (TPSA) is 15.3 Å². The first-order valence-electron chi connectivity index (χ1n) is 7.63. The fourth-order valence-corrected chi connectivity index (χ4v) is 3.24. The van der Waals surface area contributed by atoms with Crippen molar-refractivity contribution in [3.05, 3.63) is 35.9 Å². The number of hydrogen-bond donors (Lipinski definition) is 1. The highest BCUT2D eigenvalue weighted by Gasteiger charge is 2.35. The molecule has 2 nitrogen and oxygen atoms in total. The van der Waals surface area contributed by atoms with Crippen molar-refractivity contribution in [3.63, 3.8) is 0 Å². The highest BCUT2D eigenvalue weighted by atomic mass is 15.3. The summed E-state index contributed by atoms with van der Waals surface area (Å²) in [4.78, 5) is 2.71. The maximum atomic E-state index is 3.70. The molecule has 1 fully saturated rings. The van der Waals surface area contributed by atoms with Crippen LogP contribution < -0.4 is 5.32 Å². The van der Waals surface area contributed by atoms with Crippen LogP contribution in [0.15, 0.2) is 30.3 Å². The maximum Gasteiger partial charge on any atom is 0.0476 e. The number of nitrogens with zero attached hydrogens (tertiary/aromatic N) is 1. The van der Waals surface area contributed by atoms with Gasteiger partial charge in [0.15, 0.2) is 0 Å². The third-order valence-corrected chi connectivity index (χ3v) is 4.35. The molecule has 0 radical (unpaired) electrons. The van der Waals surface area contributed by atoms with Crippen molar-refractivity contribution in [2.24, 2.45) is 0 Å². The van der Waals surface area contributed by atoms with Crippen molar-refractivity contribution >= 4 is 0 Å². The Morgan fingerprint density at radius 3 is 2.42 bits per heavy atom. The average molecular weight is 260 g/mol. The van der Waals surface area contributed by atoms with Crippen molar-refractivity contribution < 1.29 is 0 Å². The monoisotopic (exact) mass is 260 g/mol. The van der Waals surface area contributed by atoms with Gasteiger partial charge in [-0.3, -0.25) is 4.90 Å². The van der Waals surface area contributed by atoms with Gasteiger partial charge in [0.1, 0.15) is 0 Å². The van der Waals surface area contributed by atoms with Gasteiger partial charge >= 0.3 is 0 Å². The predicted molar refractivity (Wildman–Crippen MR) is 82.3 cm³/mol. The van der Waals surface area contributed by atoms with Gasteiger partial charge in [0, 0.05) is 30.7 Å². The molecule has 0 amide bonds. The number of piperazine rings is 1. The fraction of sp³-hybridized carbons (Fsp3) is 0.647. The molecule has 0 spiro atoms. The minimum atomic E-state index is 0.216. The summed E-state index contributed by atoms with van der Waals surface area (Å²) in [6, 6.07) is 12.1. The highest BCUT2D eigenvalue weighted by Crippen LogP contribution is 2.30. The SMILES string of the molecule is CCC(CC)N1CC(C)(C)NCC1c1ccccc1. The minimum Gasteiger partial charge on any atom is -0.309 e. The molecule has 1 unspecified atom stereocenters. The summed E-state index contributed by atoms with van der Waals surface area (Å²) in [6.07, 6.45) is 2.46. The van der Waals surface area contributed by atoms with Crippen molar-refractivity contribution in [1.82, 2.24) is 10.2 Å². The summed E-state index contributed by atoms with van der Waals surface area (Å²) < 4.78 is 0. The number of nitrogens with one attached hydrogen (secondary N) is 1. The van der Waals surface area contributed by atoms with Gasteiger partial charge < -0.3 is 5.32 Å². The van der Waals surface area contributed by atoms with Crippen LogP contribution in [0.5, 0.6) is 0 Å². The molecule has 2 heteroatoms. The van der Waals surface area contributed by atoms with Gasteiger partial charge in [0.2, 0.25) is 0 Å². The van der Waals surface area contributed by atoms with E-state index in [0.717, 1.165) is 13.1 Å². The minimum absolute atomic E-state index is 0.216. The Balaban J connectivity index is 2.25. The maximum absolute atomic E-state index is 3.70. The molecule has 19 heavy (non-hydrogen) atoms. The lowest BCUT2D eigenvalue weighted by Gasteiger charge is -2.48. The highest BCUT2D eigenvalue weighted by molar-refractivity contribution is 5.21. The second-order valence-electron chi connectivity index (χ2n) is 6.33. The predicted octanol–water partition coefficient (Wildman–Crippen LogP) is 3.60. The Morgan fingerprint density at radius 2 is 1.84 bits per heavy atom. The summed E-state index contributed by atoms with van der Waals surface area (Å²) >= 11 is 0. The van der Waals surface area contributed by atoms with Crippen LogP contribution in [-0.4, -0.2) is 29.6 Å². The molecule has 1 atom stereocenters. The molecule has 1 N–H and O–H groups in total. The Kier molecular flexibility index (Phi) is 4.64. The molecule has 0 bridgehead atoms. The summed E-state index contributed by atoms with van der Waals surface area (Å²) in [6.45, 7) is 11.4. The van der Waals surface area contributed by atoms with Crippen molar-refractivity contribution in [3.8, 4) is 0 Å². The number of hydrogen-bond acceptors (Lipinski definition) is 2. The molecule has 2 rings (SSSR count).